The highest BCUT2D eigenvalue weighted by Gasteiger charge is 2.26. The van der Waals surface area contributed by atoms with E-state index in [0.717, 1.165) is 44.4 Å². The third-order valence-electron chi connectivity index (χ3n) is 5.10. The zero-order valence-electron chi connectivity index (χ0n) is 16.8. The Morgan fingerprint density at radius 3 is 3.00 bits per heavy atom. The molecule has 1 saturated heterocycles. The van der Waals surface area contributed by atoms with E-state index in [1.54, 1.807) is 7.11 Å². The third kappa shape index (κ3) is 5.49. The van der Waals surface area contributed by atoms with E-state index >= 15 is 0 Å². The van der Waals surface area contributed by atoms with Gasteiger partial charge in [0.05, 0.1) is 15.3 Å². The van der Waals surface area contributed by atoms with Crippen molar-refractivity contribution in [1.29, 1.82) is 0 Å². The summed E-state index contributed by atoms with van der Waals surface area (Å²) in [5.74, 6) is 0. The van der Waals surface area contributed by atoms with Crippen LogP contribution in [0, 0.1) is 0 Å². The van der Waals surface area contributed by atoms with Gasteiger partial charge in [-0.2, -0.15) is 0 Å². The Morgan fingerprint density at radius 1 is 1.34 bits per heavy atom. The minimum absolute atomic E-state index is 0. The molecule has 0 bridgehead atoms. The lowest BCUT2D eigenvalue weighted by Gasteiger charge is -2.36. The van der Waals surface area contributed by atoms with Gasteiger partial charge in [0.25, 0.3) is 0 Å². The fourth-order valence-electron chi connectivity index (χ4n) is 3.80. The van der Waals surface area contributed by atoms with Gasteiger partial charge in [0.15, 0.2) is 0 Å². The normalized spacial score (nSPS) is 17.9. The molecule has 1 N–H and O–H groups in total. The summed E-state index contributed by atoms with van der Waals surface area (Å²) in [6.07, 6.45) is 5.29. The van der Waals surface area contributed by atoms with E-state index in [9.17, 15) is 0 Å². The van der Waals surface area contributed by atoms with Crippen LogP contribution in [0.15, 0.2) is 28.6 Å². The second-order valence-electron chi connectivity index (χ2n) is 7.07. The van der Waals surface area contributed by atoms with Crippen LogP contribution in [-0.2, 0) is 11.2 Å². The van der Waals surface area contributed by atoms with Crippen LogP contribution in [0.5, 0.6) is 0 Å². The highest BCUT2D eigenvalue weighted by molar-refractivity contribution is 8.08. The number of rotatable bonds is 6. The number of thiophene rings is 1. The van der Waals surface area contributed by atoms with Crippen LogP contribution >= 0.6 is 47.9 Å². The maximum absolute atomic E-state index is 5.30. The summed E-state index contributed by atoms with van der Waals surface area (Å²) >= 11 is 3.80. The van der Waals surface area contributed by atoms with Gasteiger partial charge in [-0.1, -0.05) is 31.2 Å². The third-order valence-corrected chi connectivity index (χ3v) is 7.43. The Morgan fingerprint density at radius 2 is 2.21 bits per heavy atom. The Balaban J connectivity index is 0.00000150. The van der Waals surface area contributed by atoms with Crippen LogP contribution in [0.25, 0.3) is 11.1 Å². The minimum atomic E-state index is 0. The number of piperazine rings is 1. The standard InChI is InChI=1S/C21H27N3OS2.2ClH/c1-3-5-17-12-18-20(24-10-9-22-16(13-24)7-11-25-2)19-15(6-4-8-23-19)14-26-21(18)27-17;;/h4,6,8,12,14,16,22H,3,5,7,9-11,13H2,1-2H3;2*1H. The van der Waals surface area contributed by atoms with Gasteiger partial charge in [-0.05, 0) is 30.4 Å². The van der Waals surface area contributed by atoms with Gasteiger partial charge >= 0.3 is 0 Å². The van der Waals surface area contributed by atoms with Crippen LogP contribution in [-0.4, -0.2) is 49.3 Å². The number of aryl methyl sites for hydroxylation is 1. The lowest BCUT2D eigenvalue weighted by atomic mass is 10.1. The molecule has 2 aromatic heterocycles. The number of halogens is 2. The molecule has 0 saturated carbocycles. The number of methoxy groups -OCH3 is 1. The number of hydrogen-bond acceptors (Lipinski definition) is 6. The molecule has 0 radical (unpaired) electrons. The summed E-state index contributed by atoms with van der Waals surface area (Å²) in [6, 6.07) is 7.09. The second kappa shape index (κ2) is 11.6. The summed E-state index contributed by atoms with van der Waals surface area (Å²) < 4.78 is 6.71. The van der Waals surface area contributed by atoms with E-state index in [1.165, 1.54) is 32.0 Å². The van der Waals surface area contributed by atoms with Crippen LogP contribution in [0.2, 0.25) is 0 Å². The first-order valence-corrected chi connectivity index (χ1v) is 11.4. The van der Waals surface area contributed by atoms with Gasteiger partial charge in [-0.25, -0.2) is 0 Å². The van der Waals surface area contributed by atoms with Gasteiger partial charge in [-0.3, -0.25) is 4.98 Å². The van der Waals surface area contributed by atoms with Crippen molar-refractivity contribution in [1.82, 2.24) is 15.2 Å². The molecule has 8 heteroatoms. The molecule has 0 spiro atoms. The Hall–Kier alpha value is -0.760. The smallest absolute Gasteiger partial charge is 0.0947 e. The quantitative estimate of drug-likeness (QED) is 0.696. The van der Waals surface area contributed by atoms with Crippen LogP contribution in [0.3, 0.4) is 0 Å². The molecule has 2 aromatic rings. The summed E-state index contributed by atoms with van der Waals surface area (Å²) in [5, 5.41) is 8.26. The minimum Gasteiger partial charge on any atom is -0.385 e. The van der Waals surface area contributed by atoms with E-state index in [0.29, 0.717) is 6.04 Å². The first-order chi connectivity index (χ1) is 13.3. The SMILES string of the molecule is CCCc1cc2c(s1)SC=c1cccnc1=C2N1CCNC(CCOC)C1.Cl.Cl. The average molecular weight is 475 g/mol. The van der Waals surface area contributed by atoms with Crippen molar-refractivity contribution in [2.45, 2.75) is 36.4 Å². The number of aromatic nitrogens is 1. The number of fused-ring (bicyclic) bond motifs is 2. The first kappa shape index (κ1) is 24.5. The van der Waals surface area contributed by atoms with Crippen LogP contribution in [0.4, 0.5) is 0 Å². The monoisotopic (exact) mass is 473 g/mol. The summed E-state index contributed by atoms with van der Waals surface area (Å²) in [5.41, 5.74) is 2.68. The van der Waals surface area contributed by atoms with Gasteiger partial charge in [0.1, 0.15) is 0 Å². The zero-order valence-corrected chi connectivity index (χ0v) is 20.1. The Bertz CT molecular complexity index is 919. The maximum Gasteiger partial charge on any atom is 0.0947 e. The molecule has 160 valence electrons. The Kier molecular flexibility index (Phi) is 9.79. The number of pyridine rings is 1. The van der Waals surface area contributed by atoms with Crippen molar-refractivity contribution >= 4 is 59.0 Å². The van der Waals surface area contributed by atoms with Crippen molar-refractivity contribution in [2.75, 3.05) is 33.4 Å². The van der Waals surface area contributed by atoms with E-state index in [1.807, 2.05) is 35.4 Å². The fraction of sp³-hybridized carbons (Fsp3) is 0.476. The molecule has 1 atom stereocenters. The fourth-order valence-corrected chi connectivity index (χ4v) is 6.15. The molecule has 4 rings (SSSR count). The first-order valence-electron chi connectivity index (χ1n) is 9.72. The molecular formula is C21H29Cl2N3OS2. The molecule has 0 amide bonds. The van der Waals surface area contributed by atoms with Gasteiger partial charge in [0.2, 0.25) is 0 Å². The van der Waals surface area contributed by atoms with Gasteiger partial charge < -0.3 is 15.0 Å². The van der Waals surface area contributed by atoms with Gasteiger partial charge in [0, 0.05) is 61.2 Å². The number of hydrogen-bond donors (Lipinski definition) is 1. The Labute approximate surface area is 193 Å². The van der Waals surface area contributed by atoms with E-state index in [-0.39, 0.29) is 24.8 Å². The molecule has 0 aliphatic carbocycles. The highest BCUT2D eigenvalue weighted by atomic mass is 35.5. The maximum atomic E-state index is 5.30. The molecular weight excluding hydrogens is 445 g/mol. The van der Waals surface area contributed by atoms with Crippen molar-refractivity contribution in [3.8, 4) is 0 Å². The van der Waals surface area contributed by atoms with E-state index < -0.39 is 0 Å². The molecule has 0 aromatic carbocycles. The summed E-state index contributed by atoms with van der Waals surface area (Å²) in [6.45, 7) is 6.06. The number of ether oxygens (including phenoxy) is 1. The molecule has 4 heterocycles. The largest absolute Gasteiger partial charge is 0.385 e. The zero-order chi connectivity index (χ0) is 18.6. The van der Waals surface area contributed by atoms with Crippen molar-refractivity contribution in [2.24, 2.45) is 0 Å². The summed E-state index contributed by atoms with van der Waals surface area (Å²) in [7, 11) is 1.78. The van der Waals surface area contributed by atoms with E-state index in [2.05, 4.69) is 34.7 Å². The lowest BCUT2D eigenvalue weighted by Crippen LogP contribution is -2.52. The predicted octanol–water partition coefficient (Wildman–Crippen LogP) is 3.25. The molecule has 1 unspecified atom stereocenters. The number of nitrogens with zero attached hydrogens (tertiary/aromatic N) is 2. The number of nitrogens with one attached hydrogen (secondary N) is 1. The molecule has 29 heavy (non-hydrogen) atoms. The van der Waals surface area contributed by atoms with Crippen molar-refractivity contribution in [3.05, 3.63) is 45.4 Å². The topological polar surface area (TPSA) is 37.4 Å². The summed E-state index contributed by atoms with van der Waals surface area (Å²) in [4.78, 5) is 8.84. The van der Waals surface area contributed by atoms with Crippen LogP contribution < -0.4 is 15.9 Å². The van der Waals surface area contributed by atoms with Gasteiger partial charge in [-0.15, -0.1) is 36.2 Å². The molecule has 4 nitrogen and oxygen atoms in total. The lowest BCUT2D eigenvalue weighted by molar-refractivity contribution is 0.166. The number of thioether (sulfide) groups is 1. The highest BCUT2D eigenvalue weighted by Crippen LogP contribution is 2.38. The second-order valence-corrected chi connectivity index (χ2v) is 9.34. The average Bonchev–Trinajstić information content (AvgIpc) is 3.02. The van der Waals surface area contributed by atoms with E-state index in [4.69, 9.17) is 9.72 Å². The van der Waals surface area contributed by atoms with Crippen molar-refractivity contribution in [3.63, 3.8) is 0 Å². The molecule has 1 fully saturated rings. The van der Waals surface area contributed by atoms with Crippen LogP contribution in [0.1, 0.15) is 30.2 Å². The van der Waals surface area contributed by atoms with Crippen molar-refractivity contribution < 1.29 is 4.74 Å². The molecule has 2 aliphatic rings. The predicted molar refractivity (Wildman–Crippen MR) is 129 cm³/mol. The molecule has 2 aliphatic heterocycles.